The summed E-state index contributed by atoms with van der Waals surface area (Å²) in [5.41, 5.74) is 0.982. The van der Waals surface area contributed by atoms with Crippen molar-refractivity contribution in [2.45, 2.75) is 25.8 Å². The van der Waals surface area contributed by atoms with Gasteiger partial charge in [-0.3, -0.25) is 0 Å². The van der Waals surface area contributed by atoms with Crippen LogP contribution in [-0.2, 0) is 6.54 Å². The molecule has 0 saturated heterocycles. The average Bonchev–Trinajstić information content (AvgIpc) is 2.28. The van der Waals surface area contributed by atoms with Crippen LogP contribution in [0.4, 0.5) is 4.39 Å². The molecular weight excluding hydrogens is 305 g/mol. The van der Waals surface area contributed by atoms with Gasteiger partial charge in [0.1, 0.15) is 5.82 Å². The van der Waals surface area contributed by atoms with E-state index < -0.39 is 0 Å². The Balaban J connectivity index is 2.37. The van der Waals surface area contributed by atoms with Gasteiger partial charge in [0.15, 0.2) is 0 Å². The maximum atomic E-state index is 12.9. The average molecular weight is 323 g/mol. The highest BCUT2D eigenvalue weighted by Gasteiger charge is 2.05. The van der Waals surface area contributed by atoms with Crippen molar-refractivity contribution in [1.82, 2.24) is 4.90 Å². The predicted molar refractivity (Wildman–Crippen MR) is 75.4 cm³/mol. The summed E-state index contributed by atoms with van der Waals surface area (Å²) in [5, 5.41) is 1.58. The molecule has 0 unspecified atom stereocenters. The minimum Gasteiger partial charge on any atom is -0.302 e. The summed E-state index contributed by atoms with van der Waals surface area (Å²) in [6.07, 6.45) is 3.62. The molecule has 0 aliphatic carbocycles. The third kappa shape index (κ3) is 5.84. The second-order valence-electron chi connectivity index (χ2n) is 4.22. The van der Waals surface area contributed by atoms with Gasteiger partial charge in [-0.2, -0.15) is 0 Å². The monoisotopic (exact) mass is 321 g/mol. The number of benzene rings is 1. The van der Waals surface area contributed by atoms with Crippen molar-refractivity contribution >= 4 is 27.5 Å². The summed E-state index contributed by atoms with van der Waals surface area (Å²) < 4.78 is 12.9. The number of unbranched alkanes of at least 4 members (excludes halogenated alkanes) is 2. The highest BCUT2D eigenvalue weighted by molar-refractivity contribution is 9.09. The molecule has 96 valence electrons. The van der Waals surface area contributed by atoms with E-state index in [0.29, 0.717) is 5.02 Å². The van der Waals surface area contributed by atoms with Crippen LogP contribution in [0.3, 0.4) is 0 Å². The molecule has 1 nitrogen and oxygen atoms in total. The first-order chi connectivity index (χ1) is 8.13. The first-order valence-corrected chi connectivity index (χ1v) is 7.32. The summed E-state index contributed by atoms with van der Waals surface area (Å²) in [7, 11) is 2.06. The maximum Gasteiger partial charge on any atom is 0.124 e. The van der Waals surface area contributed by atoms with Gasteiger partial charge in [0.25, 0.3) is 0 Å². The second kappa shape index (κ2) is 8.06. The lowest BCUT2D eigenvalue weighted by molar-refractivity contribution is 0.318. The number of halogens is 3. The van der Waals surface area contributed by atoms with Gasteiger partial charge in [0.05, 0.1) is 0 Å². The molecule has 4 heteroatoms. The van der Waals surface area contributed by atoms with E-state index in [4.69, 9.17) is 11.6 Å². The van der Waals surface area contributed by atoms with Crippen LogP contribution < -0.4 is 0 Å². The van der Waals surface area contributed by atoms with Crippen molar-refractivity contribution in [1.29, 1.82) is 0 Å². The molecule has 1 aromatic carbocycles. The van der Waals surface area contributed by atoms with E-state index in [-0.39, 0.29) is 5.82 Å². The molecule has 0 aliphatic rings. The standard InChI is InChI=1S/C13H18BrClFN/c1-17(8-4-2-3-7-14)10-11-5-6-12(16)9-13(11)15/h5-6,9H,2-4,7-8,10H2,1H3. The van der Waals surface area contributed by atoms with Crippen LogP contribution >= 0.6 is 27.5 Å². The quantitative estimate of drug-likeness (QED) is 0.528. The van der Waals surface area contributed by atoms with Crippen LogP contribution in [0.25, 0.3) is 0 Å². The number of nitrogens with zero attached hydrogens (tertiary/aromatic N) is 1. The largest absolute Gasteiger partial charge is 0.302 e. The zero-order chi connectivity index (χ0) is 12.7. The molecular formula is C13H18BrClFN. The fourth-order valence-electron chi connectivity index (χ4n) is 1.67. The third-order valence-electron chi connectivity index (χ3n) is 2.63. The lowest BCUT2D eigenvalue weighted by Gasteiger charge is -2.17. The highest BCUT2D eigenvalue weighted by Crippen LogP contribution is 2.18. The molecule has 0 amide bonds. The molecule has 0 radical (unpaired) electrons. The normalized spacial score (nSPS) is 11.1. The molecule has 0 heterocycles. The molecule has 0 spiro atoms. The Hall–Kier alpha value is -0.120. The first kappa shape index (κ1) is 14.9. The van der Waals surface area contributed by atoms with Crippen molar-refractivity contribution in [3.05, 3.63) is 34.6 Å². The van der Waals surface area contributed by atoms with Crippen LogP contribution in [0.2, 0.25) is 5.02 Å². The molecule has 0 aromatic heterocycles. The Bertz CT molecular complexity index is 346. The zero-order valence-corrected chi connectivity index (χ0v) is 12.4. The molecule has 17 heavy (non-hydrogen) atoms. The van der Waals surface area contributed by atoms with E-state index in [0.717, 1.165) is 24.0 Å². The Labute approximate surface area is 116 Å². The van der Waals surface area contributed by atoms with Crippen molar-refractivity contribution < 1.29 is 4.39 Å². The van der Waals surface area contributed by atoms with Gasteiger partial charge in [0.2, 0.25) is 0 Å². The molecule has 0 bridgehead atoms. The van der Waals surface area contributed by atoms with E-state index in [1.807, 2.05) is 0 Å². The Morgan fingerprint density at radius 2 is 2.06 bits per heavy atom. The number of hydrogen-bond acceptors (Lipinski definition) is 1. The molecule has 1 aromatic rings. The maximum absolute atomic E-state index is 12.9. The summed E-state index contributed by atoms with van der Waals surface area (Å²) in [5.74, 6) is -0.279. The smallest absolute Gasteiger partial charge is 0.124 e. The highest BCUT2D eigenvalue weighted by atomic mass is 79.9. The Morgan fingerprint density at radius 1 is 1.29 bits per heavy atom. The van der Waals surface area contributed by atoms with E-state index in [9.17, 15) is 4.39 Å². The molecule has 0 N–H and O–H groups in total. The number of rotatable bonds is 7. The number of hydrogen-bond donors (Lipinski definition) is 0. The number of alkyl halides is 1. The SMILES string of the molecule is CN(CCCCCBr)Cc1ccc(F)cc1Cl. The van der Waals surface area contributed by atoms with Gasteiger partial charge >= 0.3 is 0 Å². The van der Waals surface area contributed by atoms with Gasteiger partial charge in [-0.15, -0.1) is 0 Å². The molecule has 0 saturated carbocycles. The van der Waals surface area contributed by atoms with Crippen LogP contribution in [0, 0.1) is 5.82 Å². The van der Waals surface area contributed by atoms with Gasteiger partial charge in [-0.25, -0.2) is 4.39 Å². The van der Waals surface area contributed by atoms with Crippen LogP contribution in [-0.4, -0.2) is 23.8 Å². The lowest BCUT2D eigenvalue weighted by Crippen LogP contribution is -2.19. The topological polar surface area (TPSA) is 3.24 Å². The van der Waals surface area contributed by atoms with Crippen LogP contribution in [0.5, 0.6) is 0 Å². The second-order valence-corrected chi connectivity index (χ2v) is 5.42. The minimum atomic E-state index is -0.279. The van der Waals surface area contributed by atoms with Crippen molar-refractivity contribution in [2.75, 3.05) is 18.9 Å². The fourth-order valence-corrected chi connectivity index (χ4v) is 2.30. The van der Waals surface area contributed by atoms with Crippen molar-refractivity contribution in [2.24, 2.45) is 0 Å². The van der Waals surface area contributed by atoms with Gasteiger partial charge < -0.3 is 4.90 Å². The Kier molecular flexibility index (Phi) is 7.09. The van der Waals surface area contributed by atoms with Crippen LogP contribution in [0.1, 0.15) is 24.8 Å². The molecule has 0 atom stereocenters. The van der Waals surface area contributed by atoms with Gasteiger partial charge in [-0.05, 0) is 44.1 Å². The van der Waals surface area contributed by atoms with Crippen molar-refractivity contribution in [3.8, 4) is 0 Å². The molecule has 0 aliphatic heterocycles. The van der Waals surface area contributed by atoms with E-state index in [1.165, 1.54) is 31.4 Å². The fraction of sp³-hybridized carbons (Fsp3) is 0.538. The minimum absolute atomic E-state index is 0.279. The zero-order valence-electron chi connectivity index (χ0n) is 10.1. The first-order valence-electron chi connectivity index (χ1n) is 5.82. The summed E-state index contributed by atoms with van der Waals surface area (Å²) in [6, 6.07) is 4.59. The van der Waals surface area contributed by atoms with Crippen LogP contribution in [0.15, 0.2) is 18.2 Å². The predicted octanol–water partition coefficient (Wildman–Crippen LogP) is 4.48. The van der Waals surface area contributed by atoms with E-state index >= 15 is 0 Å². The van der Waals surface area contributed by atoms with Gasteiger partial charge in [-0.1, -0.05) is 40.0 Å². The summed E-state index contributed by atoms with van der Waals surface area (Å²) >= 11 is 9.40. The van der Waals surface area contributed by atoms with Gasteiger partial charge in [0, 0.05) is 16.9 Å². The lowest BCUT2D eigenvalue weighted by atomic mass is 10.2. The third-order valence-corrected chi connectivity index (χ3v) is 3.54. The Morgan fingerprint density at radius 3 is 2.71 bits per heavy atom. The van der Waals surface area contributed by atoms with E-state index in [2.05, 4.69) is 27.9 Å². The van der Waals surface area contributed by atoms with E-state index in [1.54, 1.807) is 6.07 Å². The molecule has 1 rings (SSSR count). The van der Waals surface area contributed by atoms with Crippen molar-refractivity contribution in [3.63, 3.8) is 0 Å². The summed E-state index contributed by atoms with van der Waals surface area (Å²) in [6.45, 7) is 1.81. The molecule has 0 fully saturated rings. The summed E-state index contributed by atoms with van der Waals surface area (Å²) in [4.78, 5) is 2.22.